The number of aromatic nitrogens is 2. The van der Waals surface area contributed by atoms with E-state index >= 15 is 0 Å². The van der Waals surface area contributed by atoms with Gasteiger partial charge in [-0.1, -0.05) is 0 Å². The van der Waals surface area contributed by atoms with Crippen molar-refractivity contribution >= 4 is 17.6 Å². The van der Waals surface area contributed by atoms with Crippen LogP contribution in [0.15, 0.2) is 36.7 Å². The Balaban J connectivity index is 2.22. The normalized spacial score (nSPS) is 10.1. The third-order valence-corrected chi connectivity index (χ3v) is 2.28. The SMILES string of the molecule is CC(=O)Nc1ccc(-n2cc(C(=O)O)cn2)cc1. The Kier molecular flexibility index (Phi) is 3.09. The van der Waals surface area contributed by atoms with Crippen LogP contribution in [0.1, 0.15) is 17.3 Å². The molecular weight excluding hydrogens is 234 g/mol. The van der Waals surface area contributed by atoms with Crippen LogP contribution < -0.4 is 5.32 Å². The van der Waals surface area contributed by atoms with E-state index in [9.17, 15) is 9.59 Å². The molecule has 2 rings (SSSR count). The first kappa shape index (κ1) is 11.8. The molecule has 0 aliphatic carbocycles. The van der Waals surface area contributed by atoms with Gasteiger partial charge < -0.3 is 10.4 Å². The van der Waals surface area contributed by atoms with Gasteiger partial charge in [0.15, 0.2) is 0 Å². The lowest BCUT2D eigenvalue weighted by Gasteiger charge is -2.04. The van der Waals surface area contributed by atoms with Crippen LogP contribution in [0.2, 0.25) is 0 Å². The van der Waals surface area contributed by atoms with Gasteiger partial charge in [-0.25, -0.2) is 9.48 Å². The summed E-state index contributed by atoms with van der Waals surface area (Å²) in [7, 11) is 0. The lowest BCUT2D eigenvalue weighted by molar-refractivity contribution is -0.114. The Hall–Kier alpha value is -2.63. The zero-order chi connectivity index (χ0) is 13.1. The summed E-state index contributed by atoms with van der Waals surface area (Å²) in [5.74, 6) is -1.16. The molecule has 0 aliphatic rings. The smallest absolute Gasteiger partial charge is 0.338 e. The number of hydrogen-bond acceptors (Lipinski definition) is 3. The number of nitrogens with one attached hydrogen (secondary N) is 1. The fraction of sp³-hybridized carbons (Fsp3) is 0.0833. The predicted octanol–water partition coefficient (Wildman–Crippen LogP) is 1.53. The number of aromatic carboxylic acids is 1. The van der Waals surface area contributed by atoms with Gasteiger partial charge in [0.25, 0.3) is 0 Å². The Labute approximate surface area is 103 Å². The zero-order valence-electron chi connectivity index (χ0n) is 9.62. The molecule has 0 fully saturated rings. The van der Waals surface area contributed by atoms with Crippen molar-refractivity contribution < 1.29 is 14.7 Å². The third-order valence-electron chi connectivity index (χ3n) is 2.28. The van der Waals surface area contributed by atoms with E-state index in [1.807, 2.05) is 0 Å². The fourth-order valence-corrected chi connectivity index (χ4v) is 1.48. The molecule has 0 aliphatic heterocycles. The van der Waals surface area contributed by atoms with E-state index in [-0.39, 0.29) is 11.5 Å². The average molecular weight is 245 g/mol. The number of hydrogen-bond donors (Lipinski definition) is 2. The van der Waals surface area contributed by atoms with E-state index < -0.39 is 5.97 Å². The lowest BCUT2D eigenvalue weighted by atomic mass is 10.3. The summed E-state index contributed by atoms with van der Waals surface area (Å²) in [5.41, 5.74) is 1.52. The third kappa shape index (κ3) is 2.54. The first-order chi connectivity index (χ1) is 8.56. The lowest BCUT2D eigenvalue weighted by Crippen LogP contribution is -2.05. The summed E-state index contributed by atoms with van der Waals surface area (Å²) in [4.78, 5) is 21.6. The number of anilines is 1. The van der Waals surface area contributed by atoms with Crippen LogP contribution in [0.3, 0.4) is 0 Å². The molecule has 2 aromatic rings. The largest absolute Gasteiger partial charge is 0.478 e. The van der Waals surface area contributed by atoms with E-state index in [2.05, 4.69) is 10.4 Å². The maximum Gasteiger partial charge on any atom is 0.338 e. The molecule has 0 unspecified atom stereocenters. The van der Waals surface area contributed by atoms with Gasteiger partial charge >= 0.3 is 5.97 Å². The van der Waals surface area contributed by atoms with Crippen molar-refractivity contribution in [3.8, 4) is 5.69 Å². The topological polar surface area (TPSA) is 84.2 Å². The summed E-state index contributed by atoms with van der Waals surface area (Å²) in [6.45, 7) is 1.43. The molecule has 2 N–H and O–H groups in total. The molecule has 0 radical (unpaired) electrons. The van der Waals surface area contributed by atoms with E-state index in [0.717, 1.165) is 5.69 Å². The van der Waals surface area contributed by atoms with Gasteiger partial charge in [-0.05, 0) is 24.3 Å². The molecule has 0 saturated carbocycles. The number of rotatable bonds is 3. The van der Waals surface area contributed by atoms with Gasteiger partial charge in [0, 0.05) is 18.8 Å². The van der Waals surface area contributed by atoms with Crippen molar-refractivity contribution in [2.45, 2.75) is 6.92 Å². The number of carboxylic acid groups (broad SMARTS) is 1. The van der Waals surface area contributed by atoms with Gasteiger partial charge in [0.2, 0.25) is 5.91 Å². The molecule has 92 valence electrons. The van der Waals surface area contributed by atoms with Crippen LogP contribution in [0.5, 0.6) is 0 Å². The van der Waals surface area contributed by atoms with Crippen LogP contribution >= 0.6 is 0 Å². The average Bonchev–Trinajstić information content (AvgIpc) is 2.78. The second-order valence-electron chi connectivity index (χ2n) is 3.71. The maximum absolute atomic E-state index is 10.9. The molecule has 1 aromatic heterocycles. The molecule has 18 heavy (non-hydrogen) atoms. The molecule has 6 nitrogen and oxygen atoms in total. The molecule has 1 aromatic carbocycles. The van der Waals surface area contributed by atoms with Crippen molar-refractivity contribution in [3.63, 3.8) is 0 Å². The second kappa shape index (κ2) is 4.70. The minimum Gasteiger partial charge on any atom is -0.478 e. The van der Waals surface area contributed by atoms with Gasteiger partial charge in [-0.3, -0.25) is 4.79 Å². The summed E-state index contributed by atoms with van der Waals surface area (Å²) in [6, 6.07) is 6.92. The fourth-order valence-electron chi connectivity index (χ4n) is 1.48. The number of carbonyl (C=O) groups is 2. The number of benzene rings is 1. The van der Waals surface area contributed by atoms with Crippen molar-refractivity contribution in [3.05, 3.63) is 42.2 Å². The van der Waals surface area contributed by atoms with E-state index in [4.69, 9.17) is 5.11 Å². The van der Waals surface area contributed by atoms with Crippen molar-refractivity contribution in [1.82, 2.24) is 9.78 Å². The first-order valence-corrected chi connectivity index (χ1v) is 5.22. The minimum atomic E-state index is -1.02. The zero-order valence-corrected chi connectivity index (χ0v) is 9.62. The first-order valence-electron chi connectivity index (χ1n) is 5.22. The molecule has 0 atom stereocenters. The highest BCUT2D eigenvalue weighted by molar-refractivity contribution is 5.88. The summed E-state index contributed by atoms with van der Waals surface area (Å²) in [5, 5.41) is 15.4. The van der Waals surface area contributed by atoms with E-state index in [1.54, 1.807) is 24.3 Å². The van der Waals surface area contributed by atoms with Crippen molar-refractivity contribution in [2.75, 3.05) is 5.32 Å². The van der Waals surface area contributed by atoms with Crippen LogP contribution in [0, 0.1) is 0 Å². The van der Waals surface area contributed by atoms with Gasteiger partial charge in [-0.2, -0.15) is 5.10 Å². The Morgan fingerprint density at radius 3 is 2.44 bits per heavy atom. The Morgan fingerprint density at radius 2 is 1.94 bits per heavy atom. The van der Waals surface area contributed by atoms with Crippen molar-refractivity contribution in [1.29, 1.82) is 0 Å². The summed E-state index contributed by atoms with van der Waals surface area (Å²) < 4.78 is 1.46. The van der Waals surface area contributed by atoms with E-state index in [1.165, 1.54) is 24.0 Å². The van der Waals surface area contributed by atoms with E-state index in [0.29, 0.717) is 5.69 Å². The second-order valence-corrected chi connectivity index (χ2v) is 3.71. The Morgan fingerprint density at radius 1 is 1.28 bits per heavy atom. The van der Waals surface area contributed by atoms with Gasteiger partial charge in [0.1, 0.15) is 0 Å². The molecule has 1 heterocycles. The molecule has 0 bridgehead atoms. The quantitative estimate of drug-likeness (QED) is 0.858. The highest BCUT2D eigenvalue weighted by Gasteiger charge is 2.06. The molecule has 6 heteroatoms. The van der Waals surface area contributed by atoms with Crippen LogP contribution in [0.4, 0.5) is 5.69 Å². The number of carbonyl (C=O) groups excluding carboxylic acids is 1. The number of nitrogens with zero attached hydrogens (tertiary/aromatic N) is 2. The Bertz CT molecular complexity index is 587. The number of carboxylic acids is 1. The standard InChI is InChI=1S/C12H11N3O3/c1-8(16)14-10-2-4-11(5-3-10)15-7-9(6-13-15)12(17)18/h2-7H,1H3,(H,14,16)(H,17,18). The summed E-state index contributed by atoms with van der Waals surface area (Å²) in [6.07, 6.45) is 2.71. The predicted molar refractivity (Wildman–Crippen MR) is 64.8 cm³/mol. The van der Waals surface area contributed by atoms with Gasteiger partial charge in [0.05, 0.1) is 17.4 Å². The molecule has 0 saturated heterocycles. The highest BCUT2D eigenvalue weighted by atomic mass is 16.4. The molecule has 1 amide bonds. The number of amides is 1. The highest BCUT2D eigenvalue weighted by Crippen LogP contribution is 2.13. The maximum atomic E-state index is 10.9. The van der Waals surface area contributed by atoms with Crippen LogP contribution in [-0.2, 0) is 4.79 Å². The molecular formula is C12H11N3O3. The van der Waals surface area contributed by atoms with Crippen LogP contribution in [0.25, 0.3) is 5.69 Å². The van der Waals surface area contributed by atoms with Crippen molar-refractivity contribution in [2.24, 2.45) is 0 Å². The minimum absolute atomic E-state index is 0.126. The molecule has 0 spiro atoms. The van der Waals surface area contributed by atoms with Gasteiger partial charge in [-0.15, -0.1) is 0 Å². The summed E-state index contributed by atoms with van der Waals surface area (Å²) >= 11 is 0. The monoisotopic (exact) mass is 245 g/mol. The van der Waals surface area contributed by atoms with Crippen LogP contribution in [-0.4, -0.2) is 26.8 Å².